The van der Waals surface area contributed by atoms with Gasteiger partial charge in [0.2, 0.25) is 17.7 Å². The molecule has 5 rings (SSSR count). The third-order valence-corrected chi connectivity index (χ3v) is 8.34. The highest BCUT2D eigenvalue weighted by Crippen LogP contribution is 2.53. The van der Waals surface area contributed by atoms with E-state index in [1.54, 1.807) is 9.80 Å². The van der Waals surface area contributed by atoms with Crippen molar-refractivity contribution in [3.8, 4) is 0 Å². The highest BCUT2D eigenvalue weighted by molar-refractivity contribution is 5.99. The lowest BCUT2D eigenvalue weighted by molar-refractivity contribution is -0.150. The maximum absolute atomic E-state index is 14.1. The van der Waals surface area contributed by atoms with Gasteiger partial charge in [-0.1, -0.05) is 50.5 Å². The van der Waals surface area contributed by atoms with Crippen LogP contribution in [0.1, 0.15) is 51.9 Å². The van der Waals surface area contributed by atoms with E-state index in [2.05, 4.69) is 0 Å². The summed E-state index contributed by atoms with van der Waals surface area (Å²) in [5.74, 6) is -1.72. The van der Waals surface area contributed by atoms with Crippen molar-refractivity contribution in [2.45, 2.75) is 75.7 Å². The van der Waals surface area contributed by atoms with Crippen LogP contribution in [0.5, 0.6) is 0 Å². The number of nitrogens with zero attached hydrogens (tertiary/aromatic N) is 3. The van der Waals surface area contributed by atoms with Gasteiger partial charge in [0, 0.05) is 38.8 Å². The molecule has 0 radical (unpaired) electrons. The van der Waals surface area contributed by atoms with Gasteiger partial charge in [0.15, 0.2) is 0 Å². The Bertz CT molecular complexity index is 882. The number of aliphatic hydroxyl groups excluding tert-OH is 1. The van der Waals surface area contributed by atoms with Gasteiger partial charge in [0.1, 0.15) is 11.6 Å². The Morgan fingerprint density at radius 3 is 2.56 bits per heavy atom. The first-order valence-corrected chi connectivity index (χ1v) is 13.1. The minimum Gasteiger partial charge on any atom is -0.396 e. The lowest BCUT2D eigenvalue weighted by Gasteiger charge is -2.39. The molecule has 4 aliphatic heterocycles. The number of hydrogen-bond donors (Lipinski definition) is 1. The zero-order valence-corrected chi connectivity index (χ0v) is 20.1. The van der Waals surface area contributed by atoms with E-state index in [9.17, 15) is 19.5 Å². The molecule has 5 aliphatic rings. The quantitative estimate of drug-likeness (QED) is 0.593. The van der Waals surface area contributed by atoms with E-state index in [-0.39, 0.29) is 36.9 Å². The lowest BCUT2D eigenvalue weighted by atomic mass is 9.77. The predicted molar refractivity (Wildman–Crippen MR) is 126 cm³/mol. The molecule has 186 valence electrons. The van der Waals surface area contributed by atoms with Gasteiger partial charge in [-0.15, -0.1) is 0 Å². The number of ether oxygens (including phenoxy) is 1. The summed E-state index contributed by atoms with van der Waals surface area (Å²) < 4.78 is 6.63. The summed E-state index contributed by atoms with van der Waals surface area (Å²) in [6.45, 7) is 3.89. The van der Waals surface area contributed by atoms with Crippen LogP contribution >= 0.6 is 0 Å². The molecule has 8 heteroatoms. The SMILES string of the molecule is CCCN1CC=C[C@H]2O[C@]34C=CCN(C5CCCCC5)C(=O)C3N(CCCO)C(=O)[C@@H]4[C@H]2C1=O. The van der Waals surface area contributed by atoms with Gasteiger partial charge in [-0.3, -0.25) is 14.4 Å². The van der Waals surface area contributed by atoms with Crippen molar-refractivity contribution in [2.75, 3.05) is 32.8 Å². The largest absolute Gasteiger partial charge is 0.396 e. The molecular weight excluding hydrogens is 434 g/mol. The molecule has 4 heterocycles. The molecule has 0 aromatic carbocycles. The van der Waals surface area contributed by atoms with E-state index in [1.807, 2.05) is 36.1 Å². The first-order chi connectivity index (χ1) is 16.5. The summed E-state index contributed by atoms with van der Waals surface area (Å²) in [6, 6.07) is -0.631. The Kier molecular flexibility index (Phi) is 6.55. The number of hydrogen-bond acceptors (Lipinski definition) is 5. The van der Waals surface area contributed by atoms with Crippen LogP contribution in [0.3, 0.4) is 0 Å². The average Bonchev–Trinajstić information content (AvgIpc) is 3.15. The highest BCUT2D eigenvalue weighted by atomic mass is 16.5. The molecule has 0 aromatic heterocycles. The predicted octanol–water partition coefficient (Wildman–Crippen LogP) is 1.49. The Hall–Kier alpha value is -2.19. The number of carbonyl (C=O) groups is 3. The molecule has 3 amide bonds. The molecule has 2 saturated heterocycles. The van der Waals surface area contributed by atoms with Crippen LogP contribution in [0.4, 0.5) is 0 Å². The van der Waals surface area contributed by atoms with Gasteiger partial charge < -0.3 is 24.5 Å². The second kappa shape index (κ2) is 9.46. The Morgan fingerprint density at radius 2 is 1.82 bits per heavy atom. The third kappa shape index (κ3) is 3.61. The first kappa shape index (κ1) is 23.5. The minimum atomic E-state index is -1.16. The van der Waals surface area contributed by atoms with Gasteiger partial charge >= 0.3 is 0 Å². The zero-order chi connectivity index (χ0) is 23.9. The van der Waals surface area contributed by atoms with Crippen LogP contribution in [0.15, 0.2) is 24.3 Å². The molecule has 5 atom stereocenters. The van der Waals surface area contributed by atoms with Crippen molar-refractivity contribution >= 4 is 17.7 Å². The minimum absolute atomic E-state index is 0.0657. The fraction of sp³-hybridized carbons (Fsp3) is 0.731. The lowest BCUT2D eigenvalue weighted by Crippen LogP contribution is -2.57. The molecular formula is C26H37N3O5. The number of rotatable bonds is 6. The third-order valence-electron chi connectivity index (χ3n) is 8.34. The van der Waals surface area contributed by atoms with E-state index < -0.39 is 29.6 Å². The van der Waals surface area contributed by atoms with Gasteiger partial charge in [0.25, 0.3) is 0 Å². The molecule has 1 saturated carbocycles. The van der Waals surface area contributed by atoms with Crippen LogP contribution in [-0.4, -0.2) is 94.1 Å². The van der Waals surface area contributed by atoms with E-state index in [4.69, 9.17) is 4.74 Å². The number of likely N-dealkylation sites (tertiary alicyclic amines) is 1. The molecule has 1 N–H and O–H groups in total. The highest BCUT2D eigenvalue weighted by Gasteiger charge is 2.71. The summed E-state index contributed by atoms with van der Waals surface area (Å²) in [5.41, 5.74) is -1.16. The molecule has 3 fully saturated rings. The van der Waals surface area contributed by atoms with Crippen LogP contribution in [0.25, 0.3) is 0 Å². The van der Waals surface area contributed by atoms with Crippen LogP contribution < -0.4 is 0 Å². The van der Waals surface area contributed by atoms with Gasteiger partial charge in [-0.25, -0.2) is 0 Å². The Labute approximate surface area is 201 Å². The maximum Gasteiger partial charge on any atom is 0.249 e. The summed E-state index contributed by atoms with van der Waals surface area (Å²) in [6.07, 6.45) is 13.8. The molecule has 0 bridgehead atoms. The second-order valence-corrected chi connectivity index (χ2v) is 10.3. The fourth-order valence-electron chi connectivity index (χ4n) is 6.88. The van der Waals surface area contributed by atoms with Crippen molar-refractivity contribution in [1.82, 2.24) is 14.7 Å². The van der Waals surface area contributed by atoms with E-state index in [1.165, 1.54) is 6.42 Å². The average molecular weight is 472 g/mol. The van der Waals surface area contributed by atoms with Crippen molar-refractivity contribution < 1.29 is 24.2 Å². The molecule has 1 aliphatic carbocycles. The number of carbonyl (C=O) groups excluding carboxylic acids is 3. The van der Waals surface area contributed by atoms with Crippen LogP contribution in [0, 0.1) is 11.8 Å². The summed E-state index contributed by atoms with van der Waals surface area (Å²) in [5, 5.41) is 9.50. The molecule has 1 spiro atoms. The normalized spacial score (nSPS) is 35.9. The van der Waals surface area contributed by atoms with Crippen LogP contribution in [0.2, 0.25) is 0 Å². The van der Waals surface area contributed by atoms with Gasteiger partial charge in [-0.2, -0.15) is 0 Å². The Morgan fingerprint density at radius 1 is 1.03 bits per heavy atom. The standard InChI is InChI=1S/C26H37N3O5/c1-2-13-27-14-6-11-19-20(23(27)31)21-24(32)29(16-8-17-30)22-25(33)28(18-9-4-3-5-10-18)15-7-12-26(21,22)34-19/h6-7,11-12,18-22,30H,2-5,8-10,13-17H2,1H3/t19-,20+,21+,22?,26+/m1/s1. The van der Waals surface area contributed by atoms with E-state index in [0.717, 1.165) is 32.1 Å². The van der Waals surface area contributed by atoms with Crippen molar-refractivity contribution in [1.29, 1.82) is 0 Å². The molecule has 1 unspecified atom stereocenters. The van der Waals surface area contributed by atoms with E-state index in [0.29, 0.717) is 26.1 Å². The van der Waals surface area contributed by atoms with Crippen molar-refractivity contribution in [3.05, 3.63) is 24.3 Å². The van der Waals surface area contributed by atoms with Gasteiger partial charge in [-0.05, 0) is 25.7 Å². The first-order valence-electron chi connectivity index (χ1n) is 13.1. The van der Waals surface area contributed by atoms with Crippen molar-refractivity contribution in [2.24, 2.45) is 11.8 Å². The maximum atomic E-state index is 14.1. The summed E-state index contributed by atoms with van der Waals surface area (Å²) in [4.78, 5) is 47.1. The monoisotopic (exact) mass is 471 g/mol. The topological polar surface area (TPSA) is 90.4 Å². The van der Waals surface area contributed by atoms with Crippen LogP contribution in [-0.2, 0) is 19.1 Å². The molecule has 8 nitrogen and oxygen atoms in total. The summed E-state index contributed by atoms with van der Waals surface area (Å²) in [7, 11) is 0. The second-order valence-electron chi connectivity index (χ2n) is 10.3. The zero-order valence-electron chi connectivity index (χ0n) is 20.1. The smallest absolute Gasteiger partial charge is 0.249 e. The Balaban J connectivity index is 1.55. The number of amides is 3. The summed E-state index contributed by atoms with van der Waals surface area (Å²) >= 11 is 0. The van der Waals surface area contributed by atoms with Crippen molar-refractivity contribution in [3.63, 3.8) is 0 Å². The number of aliphatic hydroxyl groups is 1. The van der Waals surface area contributed by atoms with E-state index >= 15 is 0 Å². The molecule has 34 heavy (non-hydrogen) atoms. The molecule has 0 aromatic rings. The fourth-order valence-corrected chi connectivity index (χ4v) is 6.88. The number of fused-ring (bicyclic) bond motifs is 2. The van der Waals surface area contributed by atoms with Gasteiger partial charge in [0.05, 0.1) is 17.9 Å².